The number of aromatic nitrogens is 5. The van der Waals surface area contributed by atoms with Crippen LogP contribution >= 0.6 is 0 Å². The first kappa shape index (κ1) is 22.2. The summed E-state index contributed by atoms with van der Waals surface area (Å²) in [6.07, 6.45) is 6.95. The third kappa shape index (κ3) is 4.72. The van der Waals surface area contributed by atoms with Gasteiger partial charge in [-0.15, -0.1) is 0 Å². The van der Waals surface area contributed by atoms with Crippen LogP contribution in [0, 0.1) is 19.7 Å². The normalized spacial score (nSPS) is 10.9. The Hall–Kier alpha value is -4.59. The number of nitrogens with one attached hydrogen (secondary N) is 1. The van der Waals surface area contributed by atoms with Crippen LogP contribution in [0.1, 0.15) is 27.3 Å². The molecule has 174 valence electrons. The van der Waals surface area contributed by atoms with Gasteiger partial charge >= 0.3 is 0 Å². The second-order valence-electron chi connectivity index (χ2n) is 8.23. The molecule has 0 aliphatic carbocycles. The van der Waals surface area contributed by atoms with Crippen LogP contribution < -0.4 is 5.32 Å². The number of rotatable bonds is 6. The van der Waals surface area contributed by atoms with Crippen molar-refractivity contribution < 1.29 is 9.18 Å². The zero-order chi connectivity index (χ0) is 24.4. The number of carbonyl (C=O) groups excluding carboxylic acids is 1. The molecule has 0 aliphatic rings. The summed E-state index contributed by atoms with van der Waals surface area (Å²) < 4.78 is 16.9. The molecule has 35 heavy (non-hydrogen) atoms. The summed E-state index contributed by atoms with van der Waals surface area (Å²) in [6, 6.07) is 17.6. The van der Waals surface area contributed by atoms with E-state index in [9.17, 15) is 9.18 Å². The fourth-order valence-corrected chi connectivity index (χ4v) is 3.87. The molecule has 0 unspecified atom stereocenters. The molecule has 0 spiro atoms. The van der Waals surface area contributed by atoms with E-state index in [1.54, 1.807) is 35.4 Å². The number of pyridine rings is 1. The van der Waals surface area contributed by atoms with Crippen molar-refractivity contribution in [2.24, 2.45) is 0 Å². The highest BCUT2D eigenvalue weighted by Gasteiger charge is 2.19. The van der Waals surface area contributed by atoms with E-state index in [-0.39, 0.29) is 11.7 Å². The third-order valence-electron chi connectivity index (χ3n) is 5.68. The number of amides is 1. The Morgan fingerprint density at radius 3 is 2.57 bits per heavy atom. The molecular weight excluding hydrogens is 443 g/mol. The molecule has 0 radical (unpaired) electrons. The number of halogens is 1. The molecule has 0 atom stereocenters. The van der Waals surface area contributed by atoms with Crippen molar-refractivity contribution in [1.29, 1.82) is 0 Å². The third-order valence-corrected chi connectivity index (χ3v) is 5.68. The Kier molecular flexibility index (Phi) is 5.93. The van der Waals surface area contributed by atoms with Gasteiger partial charge in [-0.1, -0.05) is 23.8 Å². The van der Waals surface area contributed by atoms with E-state index in [4.69, 9.17) is 0 Å². The number of benzene rings is 2. The van der Waals surface area contributed by atoms with Crippen LogP contribution in [0.2, 0.25) is 0 Å². The topological polar surface area (TPSA) is 77.6 Å². The minimum Gasteiger partial charge on any atom is -0.348 e. The van der Waals surface area contributed by atoms with Crippen LogP contribution in [0.5, 0.6) is 0 Å². The molecule has 0 bridgehead atoms. The Morgan fingerprint density at radius 1 is 1.00 bits per heavy atom. The van der Waals surface area contributed by atoms with Gasteiger partial charge in [-0.2, -0.15) is 5.10 Å². The average Bonchev–Trinajstić information content (AvgIpc) is 3.50. The fourth-order valence-electron chi connectivity index (χ4n) is 3.87. The van der Waals surface area contributed by atoms with Crippen molar-refractivity contribution in [1.82, 2.24) is 29.6 Å². The number of hydrogen-bond donors (Lipinski definition) is 1. The minimum absolute atomic E-state index is 0.257. The summed E-state index contributed by atoms with van der Waals surface area (Å²) >= 11 is 0. The van der Waals surface area contributed by atoms with Crippen LogP contribution in [0.25, 0.3) is 22.8 Å². The Bertz CT molecular complexity index is 1500. The van der Waals surface area contributed by atoms with Crippen molar-refractivity contribution in [2.45, 2.75) is 20.4 Å². The van der Waals surface area contributed by atoms with Crippen LogP contribution in [0.4, 0.5) is 4.39 Å². The first-order chi connectivity index (χ1) is 17.0. The highest BCUT2D eigenvalue weighted by Crippen LogP contribution is 2.25. The molecule has 1 N–H and O–H groups in total. The number of nitrogens with zero attached hydrogens (tertiary/aromatic N) is 5. The molecule has 5 rings (SSSR count). The second-order valence-corrected chi connectivity index (χ2v) is 8.23. The maximum atomic E-state index is 13.4. The van der Waals surface area contributed by atoms with Gasteiger partial charge in [0, 0.05) is 36.9 Å². The number of aryl methyl sites for hydroxylation is 2. The molecule has 7 nitrogen and oxygen atoms in total. The van der Waals surface area contributed by atoms with Gasteiger partial charge in [0.2, 0.25) is 0 Å². The lowest BCUT2D eigenvalue weighted by molar-refractivity contribution is 0.0951. The predicted octanol–water partition coefficient (Wildman–Crippen LogP) is 4.81. The smallest absolute Gasteiger partial charge is 0.255 e. The molecule has 3 aromatic heterocycles. The van der Waals surface area contributed by atoms with Gasteiger partial charge in [0.1, 0.15) is 23.2 Å². The summed E-state index contributed by atoms with van der Waals surface area (Å²) in [5.41, 5.74) is 4.44. The molecule has 8 heteroatoms. The monoisotopic (exact) mass is 466 g/mol. The number of carbonyl (C=O) groups is 1. The lowest BCUT2D eigenvalue weighted by atomic mass is 10.1. The lowest BCUT2D eigenvalue weighted by Gasteiger charge is -2.08. The maximum absolute atomic E-state index is 13.4. The summed E-state index contributed by atoms with van der Waals surface area (Å²) in [5.74, 6) is 0.971. The lowest BCUT2D eigenvalue weighted by Crippen LogP contribution is -2.23. The van der Waals surface area contributed by atoms with Crippen molar-refractivity contribution >= 4 is 5.91 Å². The van der Waals surface area contributed by atoms with E-state index in [1.807, 2.05) is 61.0 Å². The molecule has 2 aromatic carbocycles. The van der Waals surface area contributed by atoms with Gasteiger partial charge in [0.25, 0.3) is 5.91 Å². The van der Waals surface area contributed by atoms with Crippen molar-refractivity contribution in [3.63, 3.8) is 0 Å². The molecular formula is C27H23FN6O. The highest BCUT2D eigenvalue weighted by molar-refractivity contribution is 6.00. The van der Waals surface area contributed by atoms with Crippen LogP contribution in [-0.2, 0) is 6.54 Å². The molecule has 1 amide bonds. The second kappa shape index (κ2) is 9.34. The highest BCUT2D eigenvalue weighted by atomic mass is 19.1. The predicted molar refractivity (Wildman–Crippen MR) is 131 cm³/mol. The van der Waals surface area contributed by atoms with Crippen molar-refractivity contribution in [3.05, 3.63) is 114 Å². The summed E-state index contributed by atoms with van der Waals surface area (Å²) in [7, 11) is 0. The molecule has 0 aliphatic heterocycles. The number of imidazole rings is 1. The first-order valence-corrected chi connectivity index (χ1v) is 11.1. The molecule has 0 saturated heterocycles. The van der Waals surface area contributed by atoms with E-state index >= 15 is 0 Å². The Labute approximate surface area is 201 Å². The van der Waals surface area contributed by atoms with E-state index in [0.717, 1.165) is 28.3 Å². The number of hydrogen-bond acceptors (Lipinski definition) is 4. The standard InChI is InChI=1S/C27H23FN6O/c1-18-4-3-5-21(14-18)26-24(17-34(32-26)23-8-6-22(28)7-9-23)27(35)31-16-20-10-11-30-25(15-20)33-13-12-29-19(33)2/h3-15,17H,16H2,1-2H3,(H,31,35). The largest absolute Gasteiger partial charge is 0.348 e. The van der Waals surface area contributed by atoms with Gasteiger partial charge in [0.05, 0.1) is 11.3 Å². The summed E-state index contributed by atoms with van der Waals surface area (Å²) in [6.45, 7) is 4.21. The van der Waals surface area contributed by atoms with E-state index in [2.05, 4.69) is 20.4 Å². The van der Waals surface area contributed by atoms with Gasteiger partial charge in [-0.05, 0) is 61.9 Å². The Morgan fingerprint density at radius 2 is 1.83 bits per heavy atom. The summed E-state index contributed by atoms with van der Waals surface area (Å²) in [4.78, 5) is 21.9. The van der Waals surface area contributed by atoms with Crippen molar-refractivity contribution in [3.8, 4) is 22.8 Å². The van der Waals surface area contributed by atoms with Gasteiger partial charge in [-0.3, -0.25) is 9.36 Å². The average molecular weight is 467 g/mol. The van der Waals surface area contributed by atoms with Gasteiger partial charge in [-0.25, -0.2) is 19.0 Å². The maximum Gasteiger partial charge on any atom is 0.255 e. The SMILES string of the molecule is Cc1cccc(-c2nn(-c3ccc(F)cc3)cc2C(=O)NCc2ccnc(-n3ccnc3C)c2)c1. The summed E-state index contributed by atoms with van der Waals surface area (Å²) in [5, 5.41) is 7.66. The molecule has 0 saturated carbocycles. The quantitative estimate of drug-likeness (QED) is 0.390. The first-order valence-electron chi connectivity index (χ1n) is 11.1. The molecule has 5 aromatic rings. The zero-order valence-electron chi connectivity index (χ0n) is 19.3. The minimum atomic E-state index is -0.333. The van der Waals surface area contributed by atoms with Crippen LogP contribution in [-0.4, -0.2) is 30.2 Å². The molecule has 3 heterocycles. The Balaban J connectivity index is 1.44. The zero-order valence-corrected chi connectivity index (χ0v) is 19.3. The van der Waals surface area contributed by atoms with Crippen LogP contribution in [0.3, 0.4) is 0 Å². The van der Waals surface area contributed by atoms with E-state index in [1.165, 1.54) is 12.1 Å². The fraction of sp³-hybridized carbons (Fsp3) is 0.111. The van der Waals surface area contributed by atoms with Crippen molar-refractivity contribution in [2.75, 3.05) is 0 Å². The van der Waals surface area contributed by atoms with E-state index in [0.29, 0.717) is 23.5 Å². The van der Waals surface area contributed by atoms with E-state index < -0.39 is 0 Å². The molecule has 0 fully saturated rings. The van der Waals surface area contributed by atoms with Gasteiger partial charge < -0.3 is 5.32 Å². The van der Waals surface area contributed by atoms with Crippen LogP contribution in [0.15, 0.2) is 85.5 Å². The van der Waals surface area contributed by atoms with Gasteiger partial charge in [0.15, 0.2) is 0 Å².